The summed E-state index contributed by atoms with van der Waals surface area (Å²) >= 11 is 0. The summed E-state index contributed by atoms with van der Waals surface area (Å²) in [6, 6.07) is 7.72. The van der Waals surface area contributed by atoms with Gasteiger partial charge in [-0.2, -0.15) is 0 Å². The lowest BCUT2D eigenvalue weighted by atomic mass is 9.90. The molecular weight excluding hydrogens is 288 g/mol. The number of carbonyl (C=O) groups excluding carboxylic acids is 2. The van der Waals surface area contributed by atoms with E-state index in [1.807, 2.05) is 24.3 Å². The van der Waals surface area contributed by atoms with E-state index in [-0.39, 0.29) is 11.8 Å². The average Bonchev–Trinajstić information content (AvgIpc) is 2.51. The smallest absolute Gasteiger partial charge is 0.239 e. The van der Waals surface area contributed by atoms with Crippen molar-refractivity contribution in [3.8, 4) is 0 Å². The third kappa shape index (κ3) is 5.38. The number of nitrogens with one attached hydrogen (secondary N) is 2. The van der Waals surface area contributed by atoms with Gasteiger partial charge in [0.1, 0.15) is 5.41 Å². The first-order chi connectivity index (χ1) is 10.8. The Balaban J connectivity index is 2.74. The highest BCUT2D eigenvalue weighted by molar-refractivity contribution is 6.10. The summed E-state index contributed by atoms with van der Waals surface area (Å²) in [5, 5.41) is 5.78. The fourth-order valence-electron chi connectivity index (χ4n) is 2.29. The van der Waals surface area contributed by atoms with E-state index in [1.165, 1.54) is 0 Å². The van der Waals surface area contributed by atoms with Gasteiger partial charge in [0.25, 0.3) is 0 Å². The van der Waals surface area contributed by atoms with E-state index in [4.69, 9.17) is 0 Å². The molecule has 0 bridgehead atoms. The molecule has 0 aliphatic rings. The van der Waals surface area contributed by atoms with Gasteiger partial charge in [-0.25, -0.2) is 0 Å². The third-order valence-corrected chi connectivity index (χ3v) is 4.03. The molecule has 2 N–H and O–H groups in total. The topological polar surface area (TPSA) is 58.2 Å². The van der Waals surface area contributed by atoms with Crippen molar-refractivity contribution in [1.82, 2.24) is 5.32 Å². The maximum atomic E-state index is 12.6. The van der Waals surface area contributed by atoms with Crippen LogP contribution in [0.1, 0.15) is 65.4 Å². The van der Waals surface area contributed by atoms with Crippen molar-refractivity contribution in [1.29, 1.82) is 0 Å². The van der Waals surface area contributed by atoms with Crippen molar-refractivity contribution in [2.45, 2.75) is 59.8 Å². The van der Waals surface area contributed by atoms with Gasteiger partial charge in [0, 0.05) is 12.2 Å². The zero-order valence-electron chi connectivity index (χ0n) is 15.0. The summed E-state index contributed by atoms with van der Waals surface area (Å²) in [5.41, 5.74) is 0.746. The molecule has 4 nitrogen and oxygen atoms in total. The van der Waals surface area contributed by atoms with E-state index in [0.717, 1.165) is 30.5 Å². The van der Waals surface area contributed by atoms with Crippen molar-refractivity contribution >= 4 is 17.5 Å². The number of hydrogen-bond donors (Lipinski definition) is 2. The predicted octanol–water partition coefficient (Wildman–Crippen LogP) is 4.08. The average molecular weight is 318 g/mol. The first-order valence-electron chi connectivity index (χ1n) is 8.49. The molecule has 0 heterocycles. The van der Waals surface area contributed by atoms with Crippen molar-refractivity contribution < 1.29 is 9.59 Å². The highest BCUT2D eigenvalue weighted by atomic mass is 16.2. The summed E-state index contributed by atoms with van der Waals surface area (Å²) in [5.74, 6) is -0.204. The van der Waals surface area contributed by atoms with Gasteiger partial charge in [0.05, 0.1) is 0 Å². The molecule has 1 rings (SSSR count). The number of benzene rings is 1. The van der Waals surface area contributed by atoms with Crippen molar-refractivity contribution in [2.75, 3.05) is 11.9 Å². The Morgan fingerprint density at radius 3 is 2.35 bits per heavy atom. The quantitative estimate of drug-likeness (QED) is 0.560. The van der Waals surface area contributed by atoms with Gasteiger partial charge in [0.15, 0.2) is 0 Å². The second-order valence-corrected chi connectivity index (χ2v) is 6.78. The summed E-state index contributed by atoms with van der Waals surface area (Å²) in [7, 11) is 0. The van der Waals surface area contributed by atoms with Gasteiger partial charge in [0.2, 0.25) is 11.8 Å². The predicted molar refractivity (Wildman–Crippen MR) is 95.5 cm³/mol. The Labute approximate surface area is 140 Å². The maximum absolute atomic E-state index is 12.6. The van der Waals surface area contributed by atoms with Crippen LogP contribution in [0.5, 0.6) is 0 Å². The molecule has 0 atom stereocenters. The van der Waals surface area contributed by atoms with E-state index in [0.29, 0.717) is 12.5 Å². The van der Waals surface area contributed by atoms with Crippen LogP contribution in [-0.4, -0.2) is 18.4 Å². The van der Waals surface area contributed by atoms with Gasteiger partial charge < -0.3 is 10.6 Å². The van der Waals surface area contributed by atoms with Gasteiger partial charge in [-0.1, -0.05) is 51.8 Å². The molecule has 0 aliphatic carbocycles. The summed E-state index contributed by atoms with van der Waals surface area (Å²) in [4.78, 5) is 24.9. The lowest BCUT2D eigenvalue weighted by Gasteiger charge is -2.24. The van der Waals surface area contributed by atoms with Crippen LogP contribution in [0.3, 0.4) is 0 Å². The van der Waals surface area contributed by atoms with Crippen LogP contribution in [0, 0.1) is 5.41 Å². The van der Waals surface area contributed by atoms with Crippen molar-refractivity contribution in [3.63, 3.8) is 0 Å². The van der Waals surface area contributed by atoms with Gasteiger partial charge in [-0.15, -0.1) is 0 Å². The molecule has 1 aromatic carbocycles. The molecule has 2 amide bonds. The number of carbonyl (C=O) groups is 2. The zero-order chi connectivity index (χ0) is 17.5. The van der Waals surface area contributed by atoms with Crippen LogP contribution >= 0.6 is 0 Å². The molecule has 0 fully saturated rings. The molecular formula is C19H30N2O2. The van der Waals surface area contributed by atoms with E-state index in [2.05, 4.69) is 31.4 Å². The monoisotopic (exact) mass is 318 g/mol. The lowest BCUT2D eigenvalue weighted by Crippen LogP contribution is -2.45. The molecule has 0 unspecified atom stereocenters. The number of rotatable bonds is 8. The number of amides is 2. The van der Waals surface area contributed by atoms with Crippen LogP contribution in [0.2, 0.25) is 0 Å². The van der Waals surface area contributed by atoms with Gasteiger partial charge >= 0.3 is 0 Å². The first-order valence-corrected chi connectivity index (χ1v) is 8.49. The molecule has 1 aromatic rings. The number of para-hydroxylation sites is 1. The van der Waals surface area contributed by atoms with Crippen molar-refractivity contribution in [3.05, 3.63) is 29.8 Å². The van der Waals surface area contributed by atoms with Crippen LogP contribution in [0.25, 0.3) is 0 Å². The van der Waals surface area contributed by atoms with Gasteiger partial charge in [-0.05, 0) is 37.8 Å². The van der Waals surface area contributed by atoms with Crippen LogP contribution in [0.4, 0.5) is 5.69 Å². The fourth-order valence-corrected chi connectivity index (χ4v) is 2.29. The molecule has 0 aromatic heterocycles. The minimum absolute atomic E-state index is 0.229. The maximum Gasteiger partial charge on any atom is 0.239 e. The Bertz CT molecular complexity index is 536. The SMILES string of the molecule is CCCCCNC(=O)C(C)(C)C(=O)Nc1ccccc1C(C)C. The number of hydrogen-bond acceptors (Lipinski definition) is 2. The molecule has 0 radical (unpaired) electrons. The molecule has 0 aliphatic heterocycles. The Hall–Kier alpha value is -1.84. The first kappa shape index (κ1) is 19.2. The minimum Gasteiger partial charge on any atom is -0.355 e. The van der Waals surface area contributed by atoms with Crippen LogP contribution < -0.4 is 10.6 Å². The zero-order valence-corrected chi connectivity index (χ0v) is 15.0. The molecule has 23 heavy (non-hydrogen) atoms. The second-order valence-electron chi connectivity index (χ2n) is 6.78. The van der Waals surface area contributed by atoms with Crippen LogP contribution in [0.15, 0.2) is 24.3 Å². The Morgan fingerprint density at radius 1 is 1.09 bits per heavy atom. The lowest BCUT2D eigenvalue weighted by molar-refractivity contribution is -0.138. The molecule has 0 saturated heterocycles. The standard InChI is InChI=1S/C19H30N2O2/c1-6-7-10-13-20-17(22)19(4,5)18(23)21-16-12-9-8-11-15(16)14(2)3/h8-9,11-12,14H,6-7,10,13H2,1-5H3,(H,20,22)(H,21,23). The van der Waals surface area contributed by atoms with E-state index >= 15 is 0 Å². The Kier molecular flexibility index (Phi) is 7.27. The number of unbranched alkanes of at least 4 members (excludes halogenated alkanes) is 2. The molecule has 0 saturated carbocycles. The van der Waals surface area contributed by atoms with E-state index in [1.54, 1.807) is 13.8 Å². The van der Waals surface area contributed by atoms with Crippen molar-refractivity contribution in [2.24, 2.45) is 5.41 Å². The van der Waals surface area contributed by atoms with Gasteiger partial charge in [-0.3, -0.25) is 9.59 Å². The number of anilines is 1. The third-order valence-electron chi connectivity index (χ3n) is 4.03. The van der Waals surface area contributed by atoms with E-state index in [9.17, 15) is 9.59 Å². The Morgan fingerprint density at radius 2 is 1.74 bits per heavy atom. The largest absolute Gasteiger partial charge is 0.355 e. The van der Waals surface area contributed by atoms with Crippen LogP contribution in [-0.2, 0) is 9.59 Å². The highest BCUT2D eigenvalue weighted by Crippen LogP contribution is 2.26. The second kappa shape index (κ2) is 8.70. The molecule has 0 spiro atoms. The summed E-state index contributed by atoms with van der Waals surface area (Å²) < 4.78 is 0. The fraction of sp³-hybridized carbons (Fsp3) is 0.579. The highest BCUT2D eigenvalue weighted by Gasteiger charge is 2.36. The molecule has 128 valence electrons. The minimum atomic E-state index is -1.10. The normalized spacial score (nSPS) is 11.4. The summed E-state index contributed by atoms with van der Waals surface area (Å²) in [6.07, 6.45) is 3.12. The summed E-state index contributed by atoms with van der Waals surface area (Å²) in [6.45, 7) is 10.2. The van der Waals surface area contributed by atoms with E-state index < -0.39 is 5.41 Å². The molecule has 4 heteroatoms.